The van der Waals surface area contributed by atoms with Crippen LogP contribution in [0.4, 0.5) is 0 Å². The van der Waals surface area contributed by atoms with Crippen LogP contribution in [0.1, 0.15) is 41.7 Å². The van der Waals surface area contributed by atoms with Crippen LogP contribution < -0.4 is 10.6 Å². The number of hydrogen-bond acceptors (Lipinski definition) is 4. The van der Waals surface area contributed by atoms with Crippen molar-refractivity contribution in [2.75, 3.05) is 7.05 Å². The van der Waals surface area contributed by atoms with Crippen LogP contribution in [-0.2, 0) is 13.1 Å². The van der Waals surface area contributed by atoms with E-state index < -0.39 is 0 Å². The first-order valence-electron chi connectivity index (χ1n) is 7.39. The number of thiazole rings is 1. The highest BCUT2D eigenvalue weighted by molar-refractivity contribution is 7.09. The minimum Gasteiger partial charge on any atom is -0.351 e. The minimum atomic E-state index is 0.467. The van der Waals surface area contributed by atoms with Crippen LogP contribution in [0.25, 0.3) is 0 Å². The van der Waals surface area contributed by atoms with Crippen LogP contribution in [0.5, 0.6) is 0 Å². The first kappa shape index (κ1) is 16.4. The second kappa shape index (κ2) is 7.89. The lowest BCUT2D eigenvalue weighted by Gasteiger charge is -2.11. The SMILES string of the molecule is CN=C(NCc1nc(C(C)C)cs1)NCc1ncccc1C. The summed E-state index contributed by atoms with van der Waals surface area (Å²) < 4.78 is 0. The standard InChI is InChI=1S/C16H23N5S/c1-11(2)14-10-22-15(21-14)9-20-16(17-4)19-8-13-12(3)6-5-7-18-13/h5-7,10-11H,8-9H2,1-4H3,(H2,17,19,20). The van der Waals surface area contributed by atoms with Gasteiger partial charge in [0.2, 0.25) is 0 Å². The van der Waals surface area contributed by atoms with E-state index in [9.17, 15) is 0 Å². The van der Waals surface area contributed by atoms with E-state index in [1.807, 2.05) is 12.3 Å². The first-order chi connectivity index (χ1) is 10.6. The lowest BCUT2D eigenvalue weighted by Crippen LogP contribution is -2.36. The quantitative estimate of drug-likeness (QED) is 0.657. The van der Waals surface area contributed by atoms with Gasteiger partial charge in [0.15, 0.2) is 5.96 Å². The number of hydrogen-bond donors (Lipinski definition) is 2. The van der Waals surface area contributed by atoms with E-state index in [2.05, 4.69) is 57.8 Å². The summed E-state index contributed by atoms with van der Waals surface area (Å²) in [7, 11) is 1.77. The molecule has 0 unspecified atom stereocenters. The second-order valence-electron chi connectivity index (χ2n) is 5.37. The molecule has 0 spiro atoms. The molecule has 22 heavy (non-hydrogen) atoms. The Morgan fingerprint density at radius 1 is 1.32 bits per heavy atom. The maximum Gasteiger partial charge on any atom is 0.191 e. The molecule has 0 saturated carbocycles. The predicted octanol–water partition coefficient (Wildman–Crippen LogP) is 2.84. The van der Waals surface area contributed by atoms with Gasteiger partial charge in [-0.15, -0.1) is 11.3 Å². The van der Waals surface area contributed by atoms with Gasteiger partial charge in [0.25, 0.3) is 0 Å². The largest absolute Gasteiger partial charge is 0.351 e. The Labute approximate surface area is 135 Å². The summed E-state index contributed by atoms with van der Waals surface area (Å²) in [6, 6.07) is 4.00. The smallest absolute Gasteiger partial charge is 0.191 e. The van der Waals surface area contributed by atoms with Crippen molar-refractivity contribution < 1.29 is 0 Å². The van der Waals surface area contributed by atoms with Gasteiger partial charge in [-0.2, -0.15) is 0 Å². The molecule has 0 aliphatic rings. The van der Waals surface area contributed by atoms with Gasteiger partial charge >= 0.3 is 0 Å². The van der Waals surface area contributed by atoms with E-state index >= 15 is 0 Å². The fourth-order valence-corrected chi connectivity index (χ4v) is 2.82. The maximum absolute atomic E-state index is 4.61. The summed E-state index contributed by atoms with van der Waals surface area (Å²) in [6.07, 6.45) is 1.81. The average Bonchev–Trinajstić information content (AvgIpc) is 2.98. The molecule has 0 amide bonds. The Hall–Kier alpha value is -1.95. The number of aryl methyl sites for hydroxylation is 1. The molecule has 2 N–H and O–H groups in total. The predicted molar refractivity (Wildman–Crippen MR) is 92.2 cm³/mol. The molecule has 6 heteroatoms. The van der Waals surface area contributed by atoms with Crippen molar-refractivity contribution in [2.45, 2.75) is 39.8 Å². The van der Waals surface area contributed by atoms with Gasteiger partial charge in [0.05, 0.1) is 24.5 Å². The molecule has 0 radical (unpaired) electrons. The van der Waals surface area contributed by atoms with E-state index in [0.717, 1.165) is 22.4 Å². The highest BCUT2D eigenvalue weighted by atomic mass is 32.1. The first-order valence-corrected chi connectivity index (χ1v) is 8.27. The van der Waals surface area contributed by atoms with Crippen LogP contribution in [0.15, 0.2) is 28.7 Å². The fraction of sp³-hybridized carbons (Fsp3) is 0.438. The third kappa shape index (κ3) is 4.53. The van der Waals surface area contributed by atoms with Crippen LogP contribution >= 0.6 is 11.3 Å². The van der Waals surface area contributed by atoms with Crippen molar-refractivity contribution >= 4 is 17.3 Å². The van der Waals surface area contributed by atoms with Gasteiger partial charge in [-0.05, 0) is 24.5 Å². The van der Waals surface area contributed by atoms with Crippen LogP contribution in [0.3, 0.4) is 0 Å². The monoisotopic (exact) mass is 317 g/mol. The minimum absolute atomic E-state index is 0.467. The molecular weight excluding hydrogens is 294 g/mol. The molecule has 0 bridgehead atoms. The summed E-state index contributed by atoms with van der Waals surface area (Å²) >= 11 is 1.68. The van der Waals surface area contributed by atoms with Gasteiger partial charge in [-0.25, -0.2) is 4.98 Å². The summed E-state index contributed by atoms with van der Waals surface area (Å²) in [4.78, 5) is 13.2. The molecule has 118 valence electrons. The Bertz CT molecular complexity index is 633. The number of nitrogens with one attached hydrogen (secondary N) is 2. The van der Waals surface area contributed by atoms with Crippen LogP contribution in [0.2, 0.25) is 0 Å². The van der Waals surface area contributed by atoms with Gasteiger partial charge in [0.1, 0.15) is 5.01 Å². The van der Waals surface area contributed by atoms with Crippen molar-refractivity contribution in [2.24, 2.45) is 4.99 Å². The van der Waals surface area contributed by atoms with Gasteiger partial charge in [-0.3, -0.25) is 9.98 Å². The maximum atomic E-state index is 4.61. The Kier molecular flexibility index (Phi) is 5.89. The third-order valence-electron chi connectivity index (χ3n) is 3.33. The van der Waals surface area contributed by atoms with Gasteiger partial charge < -0.3 is 10.6 Å². The number of rotatable bonds is 5. The topological polar surface area (TPSA) is 62.2 Å². The van der Waals surface area contributed by atoms with Gasteiger partial charge in [0, 0.05) is 18.6 Å². The molecule has 2 heterocycles. The summed E-state index contributed by atoms with van der Waals surface area (Å²) in [5.41, 5.74) is 3.35. The highest BCUT2D eigenvalue weighted by Gasteiger charge is 2.07. The van der Waals surface area contributed by atoms with Crippen molar-refractivity contribution in [3.8, 4) is 0 Å². The highest BCUT2D eigenvalue weighted by Crippen LogP contribution is 2.17. The number of nitrogens with zero attached hydrogens (tertiary/aromatic N) is 3. The second-order valence-corrected chi connectivity index (χ2v) is 6.31. The summed E-state index contributed by atoms with van der Waals surface area (Å²) in [5.74, 6) is 1.22. The third-order valence-corrected chi connectivity index (χ3v) is 4.20. The number of aromatic nitrogens is 2. The molecule has 0 fully saturated rings. The van der Waals surface area contributed by atoms with E-state index in [0.29, 0.717) is 19.0 Å². The normalized spacial score (nSPS) is 11.8. The molecule has 2 aromatic heterocycles. The number of guanidine groups is 1. The van der Waals surface area contributed by atoms with E-state index in [1.54, 1.807) is 18.4 Å². The molecule has 2 rings (SSSR count). The van der Waals surface area contributed by atoms with Crippen LogP contribution in [-0.4, -0.2) is 23.0 Å². The molecule has 0 aliphatic carbocycles. The lowest BCUT2D eigenvalue weighted by atomic mass is 10.2. The molecule has 0 saturated heterocycles. The van der Waals surface area contributed by atoms with Crippen molar-refractivity contribution in [1.29, 1.82) is 0 Å². The average molecular weight is 317 g/mol. The summed E-state index contributed by atoms with van der Waals surface area (Å²) in [5, 5.41) is 9.76. The van der Waals surface area contributed by atoms with Crippen molar-refractivity contribution in [3.05, 3.63) is 45.7 Å². The molecule has 0 aliphatic heterocycles. The van der Waals surface area contributed by atoms with E-state index in [4.69, 9.17) is 0 Å². The van der Waals surface area contributed by atoms with E-state index in [1.165, 1.54) is 5.56 Å². The van der Waals surface area contributed by atoms with Crippen LogP contribution in [0, 0.1) is 6.92 Å². The fourth-order valence-electron chi connectivity index (χ4n) is 1.92. The van der Waals surface area contributed by atoms with Crippen molar-refractivity contribution in [1.82, 2.24) is 20.6 Å². The molecule has 2 aromatic rings. The summed E-state index contributed by atoms with van der Waals surface area (Å²) in [6.45, 7) is 7.70. The Morgan fingerprint density at radius 3 is 2.73 bits per heavy atom. The zero-order valence-electron chi connectivity index (χ0n) is 13.6. The zero-order chi connectivity index (χ0) is 15.9. The molecule has 0 aromatic carbocycles. The van der Waals surface area contributed by atoms with Crippen molar-refractivity contribution in [3.63, 3.8) is 0 Å². The lowest BCUT2D eigenvalue weighted by molar-refractivity contribution is 0.775. The number of pyridine rings is 1. The Balaban J connectivity index is 1.86. The number of aliphatic imine (C=N–C) groups is 1. The van der Waals surface area contributed by atoms with Gasteiger partial charge in [-0.1, -0.05) is 19.9 Å². The Morgan fingerprint density at radius 2 is 2.09 bits per heavy atom. The molecule has 5 nitrogen and oxygen atoms in total. The zero-order valence-corrected chi connectivity index (χ0v) is 14.4. The molecule has 0 atom stereocenters. The van der Waals surface area contributed by atoms with E-state index in [-0.39, 0.29) is 0 Å². The molecular formula is C16H23N5S.